The summed E-state index contributed by atoms with van der Waals surface area (Å²) in [5, 5.41) is 10.3. The van der Waals surface area contributed by atoms with E-state index in [4.69, 9.17) is 0 Å². The first kappa shape index (κ1) is 13.2. The Morgan fingerprint density at radius 3 is 2.53 bits per heavy atom. The second-order valence-corrected chi connectivity index (χ2v) is 4.08. The van der Waals surface area contributed by atoms with Gasteiger partial charge >= 0.3 is 6.55 Å². The van der Waals surface area contributed by atoms with E-state index >= 15 is 0 Å². The third-order valence-electron chi connectivity index (χ3n) is 2.79. The molecule has 2 rings (SSSR count). The van der Waals surface area contributed by atoms with Gasteiger partial charge in [-0.3, -0.25) is 9.48 Å². The summed E-state index contributed by atoms with van der Waals surface area (Å²) in [4.78, 5) is 11.9. The number of alkyl halides is 2. The van der Waals surface area contributed by atoms with Crippen LogP contribution in [0.5, 0.6) is 0 Å². The molecule has 102 valence electrons. The molecule has 0 aliphatic rings. The largest absolute Gasteiger partial charge is 0.333 e. The predicted octanol–water partition coefficient (Wildman–Crippen LogP) is 1.88. The van der Waals surface area contributed by atoms with Gasteiger partial charge in [0.1, 0.15) is 0 Å². The van der Waals surface area contributed by atoms with Gasteiger partial charge in [0.05, 0.1) is 17.1 Å². The Bertz CT molecular complexity index is 617. The van der Waals surface area contributed by atoms with E-state index < -0.39 is 12.5 Å². The molecule has 0 aliphatic heterocycles. The van der Waals surface area contributed by atoms with Crippen molar-refractivity contribution in [3.05, 3.63) is 29.3 Å². The van der Waals surface area contributed by atoms with E-state index in [0.717, 1.165) is 11.9 Å². The number of halogens is 2. The van der Waals surface area contributed by atoms with Crippen molar-refractivity contribution in [3.8, 4) is 0 Å². The van der Waals surface area contributed by atoms with Crippen LogP contribution in [-0.2, 0) is 7.05 Å². The van der Waals surface area contributed by atoms with E-state index in [9.17, 15) is 13.6 Å². The highest BCUT2D eigenvalue weighted by Crippen LogP contribution is 2.19. The fourth-order valence-electron chi connectivity index (χ4n) is 1.70. The minimum Gasteiger partial charge on any atom is -0.317 e. The second-order valence-electron chi connectivity index (χ2n) is 4.08. The van der Waals surface area contributed by atoms with Crippen molar-refractivity contribution in [3.63, 3.8) is 0 Å². The van der Waals surface area contributed by atoms with Crippen LogP contribution in [0, 0.1) is 13.8 Å². The Labute approximate surface area is 108 Å². The number of carbonyl (C=O) groups is 1. The molecule has 6 nitrogen and oxygen atoms in total. The summed E-state index contributed by atoms with van der Waals surface area (Å²) in [5.41, 5.74) is 1.93. The van der Waals surface area contributed by atoms with Gasteiger partial charge in [-0.15, -0.1) is 0 Å². The number of rotatable bonds is 3. The SMILES string of the molecule is Cc1nn(C)c(C)c1NC(=O)c1ccn(C(F)F)n1. The summed E-state index contributed by atoms with van der Waals surface area (Å²) in [5.74, 6) is -0.543. The van der Waals surface area contributed by atoms with Gasteiger partial charge in [-0.1, -0.05) is 0 Å². The van der Waals surface area contributed by atoms with Crippen LogP contribution < -0.4 is 5.32 Å². The molecule has 0 saturated carbocycles. The maximum absolute atomic E-state index is 12.4. The van der Waals surface area contributed by atoms with Gasteiger partial charge < -0.3 is 5.32 Å². The van der Waals surface area contributed by atoms with E-state index in [2.05, 4.69) is 15.5 Å². The van der Waals surface area contributed by atoms with Crippen LogP contribution in [0.15, 0.2) is 12.3 Å². The first-order valence-electron chi connectivity index (χ1n) is 5.55. The average molecular weight is 269 g/mol. The third-order valence-corrected chi connectivity index (χ3v) is 2.79. The van der Waals surface area contributed by atoms with Crippen LogP contribution in [-0.4, -0.2) is 25.5 Å². The molecule has 1 amide bonds. The van der Waals surface area contributed by atoms with Crippen molar-refractivity contribution in [2.75, 3.05) is 5.32 Å². The lowest BCUT2D eigenvalue weighted by atomic mass is 10.3. The van der Waals surface area contributed by atoms with Crippen LogP contribution in [0.4, 0.5) is 14.5 Å². The molecule has 0 aliphatic carbocycles. The smallest absolute Gasteiger partial charge is 0.317 e. The Morgan fingerprint density at radius 1 is 1.37 bits per heavy atom. The van der Waals surface area contributed by atoms with Crippen LogP contribution in [0.25, 0.3) is 0 Å². The van der Waals surface area contributed by atoms with Crippen molar-refractivity contribution in [1.29, 1.82) is 0 Å². The minimum atomic E-state index is -2.76. The van der Waals surface area contributed by atoms with E-state index in [1.807, 2.05) is 0 Å². The molecule has 0 aromatic carbocycles. The van der Waals surface area contributed by atoms with E-state index in [-0.39, 0.29) is 5.69 Å². The molecule has 0 radical (unpaired) electrons. The summed E-state index contributed by atoms with van der Waals surface area (Å²) < 4.78 is 26.8. The molecule has 1 N–H and O–H groups in total. The number of aromatic nitrogens is 4. The summed E-state index contributed by atoms with van der Waals surface area (Å²) in [6.07, 6.45) is 1.06. The number of aryl methyl sites for hydroxylation is 2. The van der Waals surface area contributed by atoms with Gasteiger partial charge in [0.15, 0.2) is 5.69 Å². The van der Waals surface area contributed by atoms with E-state index in [1.54, 1.807) is 25.6 Å². The van der Waals surface area contributed by atoms with Crippen LogP contribution in [0.2, 0.25) is 0 Å². The summed E-state index contributed by atoms with van der Waals surface area (Å²) in [6.45, 7) is 0.789. The van der Waals surface area contributed by atoms with Crippen molar-refractivity contribution in [2.45, 2.75) is 20.4 Å². The molecule has 0 saturated heterocycles. The summed E-state index contributed by atoms with van der Waals surface area (Å²) in [6, 6.07) is 1.24. The second kappa shape index (κ2) is 4.79. The Morgan fingerprint density at radius 2 is 2.05 bits per heavy atom. The minimum absolute atomic E-state index is 0.0667. The number of anilines is 1. The van der Waals surface area contributed by atoms with Crippen molar-refractivity contribution >= 4 is 11.6 Å². The Hall–Kier alpha value is -2.25. The van der Waals surface area contributed by atoms with Gasteiger partial charge in [-0.2, -0.15) is 19.0 Å². The Balaban J connectivity index is 2.20. The molecule has 2 aromatic heterocycles. The molecular formula is C11H13F2N5O. The monoisotopic (exact) mass is 269 g/mol. The first-order valence-corrected chi connectivity index (χ1v) is 5.55. The zero-order chi connectivity index (χ0) is 14.2. The van der Waals surface area contributed by atoms with Crippen LogP contribution in [0.1, 0.15) is 28.4 Å². The zero-order valence-corrected chi connectivity index (χ0v) is 10.7. The number of hydrogen-bond donors (Lipinski definition) is 1. The lowest BCUT2D eigenvalue weighted by molar-refractivity contribution is 0.0561. The molecule has 0 atom stereocenters. The highest BCUT2D eigenvalue weighted by Gasteiger charge is 2.17. The van der Waals surface area contributed by atoms with Gasteiger partial charge in [0, 0.05) is 13.2 Å². The molecular weight excluding hydrogens is 256 g/mol. The highest BCUT2D eigenvalue weighted by molar-refractivity contribution is 6.03. The predicted molar refractivity (Wildman–Crippen MR) is 64.1 cm³/mol. The van der Waals surface area contributed by atoms with Gasteiger partial charge in [-0.25, -0.2) is 4.68 Å². The van der Waals surface area contributed by atoms with E-state index in [1.165, 1.54) is 6.07 Å². The number of carbonyl (C=O) groups excluding carboxylic acids is 1. The molecule has 0 fully saturated rings. The fourth-order valence-corrected chi connectivity index (χ4v) is 1.70. The zero-order valence-electron chi connectivity index (χ0n) is 10.7. The number of nitrogens with one attached hydrogen (secondary N) is 1. The summed E-state index contributed by atoms with van der Waals surface area (Å²) >= 11 is 0. The fraction of sp³-hybridized carbons (Fsp3) is 0.364. The lowest BCUT2D eigenvalue weighted by Gasteiger charge is -2.03. The molecule has 0 spiro atoms. The normalized spacial score (nSPS) is 11.1. The number of hydrogen-bond acceptors (Lipinski definition) is 3. The lowest BCUT2D eigenvalue weighted by Crippen LogP contribution is -2.14. The van der Waals surface area contributed by atoms with Gasteiger partial charge in [0.2, 0.25) is 0 Å². The number of nitrogens with zero attached hydrogens (tertiary/aromatic N) is 4. The first-order chi connectivity index (χ1) is 8.90. The van der Waals surface area contributed by atoms with Gasteiger partial charge in [-0.05, 0) is 19.9 Å². The molecule has 19 heavy (non-hydrogen) atoms. The quantitative estimate of drug-likeness (QED) is 0.925. The maximum Gasteiger partial charge on any atom is 0.333 e. The molecule has 0 unspecified atom stereocenters. The standard InChI is InChI=1S/C11H13F2N5O/c1-6-9(7(2)17(3)15-6)14-10(19)8-4-5-18(16-8)11(12)13/h4-5,11H,1-3H3,(H,14,19). The average Bonchev–Trinajstić information content (AvgIpc) is 2.91. The van der Waals surface area contributed by atoms with Crippen molar-refractivity contribution < 1.29 is 13.6 Å². The maximum atomic E-state index is 12.4. The molecule has 2 aromatic rings. The Kier molecular flexibility index (Phi) is 3.32. The van der Waals surface area contributed by atoms with E-state index in [0.29, 0.717) is 16.1 Å². The summed E-state index contributed by atoms with van der Waals surface area (Å²) in [7, 11) is 1.75. The van der Waals surface area contributed by atoms with Crippen LogP contribution in [0.3, 0.4) is 0 Å². The topological polar surface area (TPSA) is 64.7 Å². The third kappa shape index (κ3) is 2.47. The van der Waals surface area contributed by atoms with Crippen LogP contribution >= 0.6 is 0 Å². The van der Waals surface area contributed by atoms with Gasteiger partial charge in [0.25, 0.3) is 5.91 Å². The molecule has 8 heteroatoms. The van der Waals surface area contributed by atoms with Crippen molar-refractivity contribution in [2.24, 2.45) is 7.05 Å². The van der Waals surface area contributed by atoms with Crippen molar-refractivity contribution in [1.82, 2.24) is 19.6 Å². The number of amides is 1. The highest BCUT2D eigenvalue weighted by atomic mass is 19.3. The molecule has 2 heterocycles. The molecule has 0 bridgehead atoms.